The second kappa shape index (κ2) is 5.16. The molecule has 18 heavy (non-hydrogen) atoms. The molecule has 2 atom stereocenters. The summed E-state index contributed by atoms with van der Waals surface area (Å²) in [6.45, 7) is 8.59. The van der Waals surface area contributed by atoms with Crippen LogP contribution in [-0.2, 0) is 14.5 Å². The SMILES string of the molecule is C/C1=C\CC(C)(C)/C=C/CC2(C)OOC(CC1)O2. The van der Waals surface area contributed by atoms with E-state index in [1.54, 1.807) is 0 Å². The van der Waals surface area contributed by atoms with Crippen LogP contribution in [0, 0.1) is 5.41 Å². The van der Waals surface area contributed by atoms with Crippen molar-refractivity contribution in [2.45, 2.75) is 65.5 Å². The Kier molecular flexibility index (Phi) is 3.95. The van der Waals surface area contributed by atoms with Gasteiger partial charge in [0, 0.05) is 12.8 Å². The van der Waals surface area contributed by atoms with Gasteiger partial charge in [-0.3, -0.25) is 0 Å². The van der Waals surface area contributed by atoms with Gasteiger partial charge >= 0.3 is 0 Å². The van der Waals surface area contributed by atoms with Gasteiger partial charge in [-0.1, -0.05) is 37.6 Å². The molecular formula is C15H24O3. The molecule has 2 unspecified atom stereocenters. The Morgan fingerprint density at radius 3 is 2.78 bits per heavy atom. The van der Waals surface area contributed by atoms with Crippen molar-refractivity contribution >= 4 is 0 Å². The van der Waals surface area contributed by atoms with Crippen molar-refractivity contribution < 1.29 is 14.5 Å². The van der Waals surface area contributed by atoms with Crippen LogP contribution >= 0.6 is 0 Å². The third kappa shape index (κ3) is 3.67. The summed E-state index contributed by atoms with van der Waals surface area (Å²) < 4.78 is 5.82. The molecule has 1 fully saturated rings. The maximum Gasteiger partial charge on any atom is 0.205 e. The van der Waals surface area contributed by atoms with E-state index in [0.29, 0.717) is 0 Å². The lowest BCUT2D eigenvalue weighted by molar-refractivity contribution is -0.325. The molecule has 0 saturated carbocycles. The molecule has 3 nitrogen and oxygen atoms in total. The van der Waals surface area contributed by atoms with Crippen molar-refractivity contribution in [3.63, 3.8) is 0 Å². The van der Waals surface area contributed by atoms with Crippen LogP contribution in [0.4, 0.5) is 0 Å². The van der Waals surface area contributed by atoms with Gasteiger partial charge in [0.15, 0.2) is 6.29 Å². The third-order valence-electron chi connectivity index (χ3n) is 3.52. The van der Waals surface area contributed by atoms with E-state index in [9.17, 15) is 0 Å². The first-order valence-corrected chi connectivity index (χ1v) is 6.74. The average molecular weight is 252 g/mol. The van der Waals surface area contributed by atoms with Gasteiger partial charge in [-0.05, 0) is 32.1 Å². The number of fused-ring (bicyclic) bond motifs is 2. The molecule has 0 aromatic heterocycles. The van der Waals surface area contributed by atoms with Gasteiger partial charge in [-0.2, -0.15) is 4.89 Å². The molecule has 0 aliphatic carbocycles. The van der Waals surface area contributed by atoms with Gasteiger partial charge in [0.05, 0.1) is 0 Å². The van der Waals surface area contributed by atoms with Crippen LogP contribution in [0.3, 0.4) is 0 Å². The molecule has 102 valence electrons. The Labute approximate surface area is 110 Å². The molecular weight excluding hydrogens is 228 g/mol. The minimum Gasteiger partial charge on any atom is -0.315 e. The van der Waals surface area contributed by atoms with Gasteiger partial charge < -0.3 is 4.74 Å². The zero-order valence-corrected chi connectivity index (χ0v) is 11.9. The summed E-state index contributed by atoms with van der Waals surface area (Å²) in [5, 5.41) is 0. The largest absolute Gasteiger partial charge is 0.315 e. The predicted octanol–water partition coefficient (Wildman–Crippen LogP) is 4.11. The summed E-state index contributed by atoms with van der Waals surface area (Å²) >= 11 is 0. The van der Waals surface area contributed by atoms with E-state index in [4.69, 9.17) is 14.5 Å². The lowest BCUT2D eigenvalue weighted by atomic mass is 9.87. The zero-order chi connectivity index (χ0) is 13.2. The van der Waals surface area contributed by atoms with Gasteiger partial charge in [0.1, 0.15) is 0 Å². The first kappa shape index (κ1) is 13.8. The minimum atomic E-state index is -0.631. The molecule has 0 aromatic rings. The fraction of sp³-hybridized carbons (Fsp3) is 0.733. The first-order valence-electron chi connectivity index (χ1n) is 6.74. The predicted molar refractivity (Wildman–Crippen MR) is 70.6 cm³/mol. The molecule has 2 aliphatic heterocycles. The number of ether oxygens (including phenoxy) is 1. The van der Waals surface area contributed by atoms with Crippen molar-refractivity contribution in [1.29, 1.82) is 0 Å². The number of rotatable bonds is 0. The maximum absolute atomic E-state index is 5.82. The van der Waals surface area contributed by atoms with Gasteiger partial charge in [-0.15, -0.1) is 0 Å². The Balaban J connectivity index is 2.13. The molecule has 0 amide bonds. The van der Waals surface area contributed by atoms with E-state index in [1.807, 2.05) is 6.92 Å². The number of hydrogen-bond donors (Lipinski definition) is 0. The van der Waals surface area contributed by atoms with Crippen molar-refractivity contribution in [1.82, 2.24) is 0 Å². The highest BCUT2D eigenvalue weighted by atomic mass is 17.3. The molecule has 2 aliphatic rings. The maximum atomic E-state index is 5.82. The average Bonchev–Trinajstić information content (AvgIpc) is 2.65. The third-order valence-corrected chi connectivity index (χ3v) is 3.52. The van der Waals surface area contributed by atoms with Crippen LogP contribution in [0.1, 0.15) is 53.4 Å². The standard InChI is InChI=1S/C15H24O3/c1-12-6-7-13-16-15(4,18-17-13)10-5-9-14(2,3)11-8-12/h5,8-9,13H,6-7,10-11H2,1-4H3/b9-5+,12-8+. The van der Waals surface area contributed by atoms with Crippen molar-refractivity contribution in [2.75, 3.05) is 0 Å². The van der Waals surface area contributed by atoms with E-state index in [2.05, 4.69) is 39.0 Å². The highest BCUT2D eigenvalue weighted by molar-refractivity contribution is 5.06. The smallest absolute Gasteiger partial charge is 0.205 e. The van der Waals surface area contributed by atoms with Crippen molar-refractivity contribution in [3.8, 4) is 0 Å². The molecule has 2 rings (SSSR count). The Hall–Kier alpha value is -0.640. The zero-order valence-electron chi connectivity index (χ0n) is 11.9. The van der Waals surface area contributed by atoms with Crippen LogP contribution in [0.25, 0.3) is 0 Å². The lowest BCUT2D eigenvalue weighted by Gasteiger charge is -2.22. The second-order valence-corrected chi connectivity index (χ2v) is 6.25. The molecule has 2 heterocycles. The van der Waals surface area contributed by atoms with E-state index < -0.39 is 5.79 Å². The van der Waals surface area contributed by atoms with Crippen LogP contribution < -0.4 is 0 Å². The lowest BCUT2D eigenvalue weighted by Crippen LogP contribution is -2.26. The van der Waals surface area contributed by atoms with Crippen LogP contribution in [0.15, 0.2) is 23.8 Å². The molecule has 2 bridgehead atoms. The molecule has 1 saturated heterocycles. The monoisotopic (exact) mass is 252 g/mol. The second-order valence-electron chi connectivity index (χ2n) is 6.25. The Morgan fingerprint density at radius 1 is 1.22 bits per heavy atom. The topological polar surface area (TPSA) is 27.7 Å². The van der Waals surface area contributed by atoms with Crippen LogP contribution in [0.5, 0.6) is 0 Å². The summed E-state index contributed by atoms with van der Waals surface area (Å²) in [7, 11) is 0. The highest BCUT2D eigenvalue weighted by Crippen LogP contribution is 2.33. The fourth-order valence-corrected chi connectivity index (χ4v) is 2.21. The van der Waals surface area contributed by atoms with Crippen LogP contribution in [-0.4, -0.2) is 12.1 Å². The quantitative estimate of drug-likeness (QED) is 0.479. The Morgan fingerprint density at radius 2 is 2.00 bits per heavy atom. The minimum absolute atomic E-state index is 0.176. The van der Waals surface area contributed by atoms with Crippen molar-refractivity contribution in [2.24, 2.45) is 5.41 Å². The molecule has 0 radical (unpaired) electrons. The molecule has 3 heteroatoms. The molecule has 0 aromatic carbocycles. The summed E-state index contributed by atoms with van der Waals surface area (Å²) in [6.07, 6.45) is 10.1. The molecule has 0 N–H and O–H groups in total. The van der Waals surface area contributed by atoms with Crippen LogP contribution in [0.2, 0.25) is 0 Å². The Bertz CT molecular complexity index is 357. The fourth-order valence-electron chi connectivity index (χ4n) is 2.21. The summed E-state index contributed by atoms with van der Waals surface area (Å²) in [4.78, 5) is 10.6. The van der Waals surface area contributed by atoms with Crippen molar-refractivity contribution in [3.05, 3.63) is 23.8 Å². The van der Waals surface area contributed by atoms with E-state index >= 15 is 0 Å². The highest BCUT2D eigenvalue weighted by Gasteiger charge is 2.38. The van der Waals surface area contributed by atoms with E-state index in [1.165, 1.54) is 5.57 Å². The normalized spacial score (nSPS) is 41.3. The number of allylic oxidation sites excluding steroid dienone is 3. The summed E-state index contributed by atoms with van der Waals surface area (Å²) in [6, 6.07) is 0. The van der Waals surface area contributed by atoms with Gasteiger partial charge in [-0.25, -0.2) is 4.89 Å². The van der Waals surface area contributed by atoms with Gasteiger partial charge in [0.25, 0.3) is 0 Å². The summed E-state index contributed by atoms with van der Waals surface area (Å²) in [5.74, 6) is -0.631. The summed E-state index contributed by atoms with van der Waals surface area (Å²) in [5.41, 5.74) is 1.56. The molecule has 0 spiro atoms. The van der Waals surface area contributed by atoms with Gasteiger partial charge in [0.2, 0.25) is 5.79 Å². The number of hydrogen-bond acceptors (Lipinski definition) is 3. The van der Waals surface area contributed by atoms with E-state index in [-0.39, 0.29) is 11.7 Å². The first-order chi connectivity index (χ1) is 8.39. The van der Waals surface area contributed by atoms with E-state index in [0.717, 1.165) is 25.7 Å².